The summed E-state index contributed by atoms with van der Waals surface area (Å²) in [6.07, 6.45) is 1.05. The van der Waals surface area contributed by atoms with Crippen LogP contribution in [0.4, 0.5) is 0 Å². The SMILES string of the molecule is C=C(C)CCN[C@@H](C)c1ccccc1C. The normalized spacial score (nSPS) is 12.5. The van der Waals surface area contributed by atoms with Gasteiger partial charge in [0.15, 0.2) is 0 Å². The maximum Gasteiger partial charge on any atom is 0.0294 e. The van der Waals surface area contributed by atoms with Crippen molar-refractivity contribution in [3.63, 3.8) is 0 Å². The van der Waals surface area contributed by atoms with E-state index < -0.39 is 0 Å². The van der Waals surface area contributed by atoms with Gasteiger partial charge in [-0.2, -0.15) is 0 Å². The molecule has 1 nitrogen and oxygen atoms in total. The molecule has 0 aliphatic heterocycles. The summed E-state index contributed by atoms with van der Waals surface area (Å²) in [6.45, 7) is 11.3. The third kappa shape index (κ3) is 3.88. The molecule has 1 rings (SSSR count). The summed E-state index contributed by atoms with van der Waals surface area (Å²) in [5.74, 6) is 0. The summed E-state index contributed by atoms with van der Waals surface area (Å²) in [5.41, 5.74) is 3.98. The van der Waals surface area contributed by atoms with E-state index in [4.69, 9.17) is 0 Å². The highest BCUT2D eigenvalue weighted by atomic mass is 14.9. The zero-order chi connectivity index (χ0) is 11.3. The summed E-state index contributed by atoms with van der Waals surface area (Å²) < 4.78 is 0. The summed E-state index contributed by atoms with van der Waals surface area (Å²) >= 11 is 0. The Morgan fingerprint density at radius 2 is 2.07 bits per heavy atom. The number of rotatable bonds is 5. The van der Waals surface area contributed by atoms with E-state index in [1.807, 2.05) is 0 Å². The number of benzene rings is 1. The monoisotopic (exact) mass is 203 g/mol. The number of hydrogen-bond acceptors (Lipinski definition) is 1. The first-order chi connectivity index (χ1) is 7.11. The van der Waals surface area contributed by atoms with Gasteiger partial charge in [0.05, 0.1) is 0 Å². The molecule has 0 aliphatic carbocycles. The molecular weight excluding hydrogens is 182 g/mol. The fourth-order valence-electron chi connectivity index (χ4n) is 1.68. The maximum atomic E-state index is 3.90. The molecule has 0 amide bonds. The van der Waals surface area contributed by atoms with Crippen LogP contribution in [0.1, 0.15) is 37.4 Å². The van der Waals surface area contributed by atoms with Crippen molar-refractivity contribution in [3.8, 4) is 0 Å². The summed E-state index contributed by atoms with van der Waals surface area (Å²) in [6, 6.07) is 8.95. The minimum Gasteiger partial charge on any atom is -0.310 e. The fourth-order valence-corrected chi connectivity index (χ4v) is 1.68. The van der Waals surface area contributed by atoms with Crippen molar-refractivity contribution in [3.05, 3.63) is 47.5 Å². The van der Waals surface area contributed by atoms with Crippen LogP contribution < -0.4 is 5.32 Å². The van der Waals surface area contributed by atoms with Gasteiger partial charge in [-0.05, 0) is 44.9 Å². The lowest BCUT2D eigenvalue weighted by molar-refractivity contribution is 0.573. The van der Waals surface area contributed by atoms with Crippen LogP contribution in [-0.4, -0.2) is 6.54 Å². The Labute approximate surface area is 93.2 Å². The summed E-state index contributed by atoms with van der Waals surface area (Å²) in [5, 5.41) is 3.51. The fraction of sp³-hybridized carbons (Fsp3) is 0.429. The average molecular weight is 203 g/mol. The number of hydrogen-bond donors (Lipinski definition) is 1. The van der Waals surface area contributed by atoms with Crippen molar-refractivity contribution in [2.45, 2.75) is 33.2 Å². The Morgan fingerprint density at radius 1 is 1.40 bits per heavy atom. The molecule has 0 saturated carbocycles. The molecule has 0 fully saturated rings. The van der Waals surface area contributed by atoms with Gasteiger partial charge in [0.1, 0.15) is 0 Å². The molecule has 0 unspecified atom stereocenters. The van der Waals surface area contributed by atoms with E-state index in [0.29, 0.717) is 6.04 Å². The first kappa shape index (κ1) is 12.0. The van der Waals surface area contributed by atoms with Gasteiger partial charge in [-0.3, -0.25) is 0 Å². The average Bonchev–Trinajstić information content (AvgIpc) is 2.17. The minimum absolute atomic E-state index is 0.422. The third-order valence-corrected chi connectivity index (χ3v) is 2.66. The van der Waals surface area contributed by atoms with Crippen molar-refractivity contribution < 1.29 is 0 Å². The lowest BCUT2D eigenvalue weighted by Crippen LogP contribution is -2.20. The molecule has 0 aliphatic rings. The van der Waals surface area contributed by atoms with E-state index in [1.54, 1.807) is 0 Å². The summed E-state index contributed by atoms with van der Waals surface area (Å²) in [4.78, 5) is 0. The molecule has 0 saturated heterocycles. The molecule has 0 radical (unpaired) electrons. The molecule has 15 heavy (non-hydrogen) atoms. The number of aryl methyl sites for hydroxylation is 1. The van der Waals surface area contributed by atoms with E-state index >= 15 is 0 Å². The smallest absolute Gasteiger partial charge is 0.0294 e. The third-order valence-electron chi connectivity index (χ3n) is 2.66. The van der Waals surface area contributed by atoms with Gasteiger partial charge < -0.3 is 5.32 Å². The largest absolute Gasteiger partial charge is 0.310 e. The Morgan fingerprint density at radius 3 is 2.67 bits per heavy atom. The second-order valence-corrected chi connectivity index (χ2v) is 4.24. The van der Waals surface area contributed by atoms with Crippen molar-refractivity contribution in [1.29, 1.82) is 0 Å². The lowest BCUT2D eigenvalue weighted by Gasteiger charge is -2.16. The van der Waals surface area contributed by atoms with Gasteiger partial charge >= 0.3 is 0 Å². The highest BCUT2D eigenvalue weighted by molar-refractivity contribution is 5.28. The van der Waals surface area contributed by atoms with Crippen LogP contribution in [0.3, 0.4) is 0 Å². The van der Waals surface area contributed by atoms with Crippen LogP contribution in [0.15, 0.2) is 36.4 Å². The second kappa shape index (κ2) is 5.72. The number of nitrogens with one attached hydrogen (secondary N) is 1. The van der Waals surface area contributed by atoms with E-state index in [1.165, 1.54) is 16.7 Å². The van der Waals surface area contributed by atoms with Crippen LogP contribution in [0.2, 0.25) is 0 Å². The molecule has 0 aromatic heterocycles. The quantitative estimate of drug-likeness (QED) is 0.721. The highest BCUT2D eigenvalue weighted by Crippen LogP contribution is 2.16. The molecule has 1 atom stereocenters. The predicted octanol–water partition coefficient (Wildman–Crippen LogP) is 3.61. The van der Waals surface area contributed by atoms with Gasteiger partial charge in [-0.1, -0.05) is 29.8 Å². The molecule has 0 bridgehead atoms. The van der Waals surface area contributed by atoms with Gasteiger partial charge in [-0.25, -0.2) is 0 Å². The molecule has 82 valence electrons. The van der Waals surface area contributed by atoms with Gasteiger partial charge in [0, 0.05) is 6.04 Å². The molecule has 1 aromatic carbocycles. The first-order valence-electron chi connectivity index (χ1n) is 5.54. The Hall–Kier alpha value is -1.08. The van der Waals surface area contributed by atoms with Gasteiger partial charge in [0.25, 0.3) is 0 Å². The maximum absolute atomic E-state index is 3.90. The standard InChI is InChI=1S/C14H21N/c1-11(2)9-10-15-13(4)14-8-6-5-7-12(14)3/h5-8,13,15H,1,9-10H2,2-4H3/t13-/m0/s1. The van der Waals surface area contributed by atoms with Crippen LogP contribution in [0, 0.1) is 6.92 Å². The van der Waals surface area contributed by atoms with Gasteiger partial charge in [0.2, 0.25) is 0 Å². The molecule has 1 aromatic rings. The summed E-state index contributed by atoms with van der Waals surface area (Å²) in [7, 11) is 0. The van der Waals surface area contributed by atoms with Crippen LogP contribution in [0.5, 0.6) is 0 Å². The molecule has 0 spiro atoms. The lowest BCUT2D eigenvalue weighted by atomic mass is 10.0. The predicted molar refractivity (Wildman–Crippen MR) is 67.0 cm³/mol. The van der Waals surface area contributed by atoms with E-state index in [9.17, 15) is 0 Å². The van der Waals surface area contributed by atoms with Crippen molar-refractivity contribution in [2.24, 2.45) is 0 Å². The van der Waals surface area contributed by atoms with E-state index in [2.05, 4.69) is 56.9 Å². The Balaban J connectivity index is 2.50. The molecular formula is C14H21N. The molecule has 1 heteroatoms. The van der Waals surface area contributed by atoms with Crippen LogP contribution >= 0.6 is 0 Å². The minimum atomic E-state index is 0.422. The zero-order valence-corrected chi connectivity index (χ0v) is 10.0. The Bertz CT molecular complexity index is 328. The first-order valence-corrected chi connectivity index (χ1v) is 5.54. The van der Waals surface area contributed by atoms with E-state index in [-0.39, 0.29) is 0 Å². The second-order valence-electron chi connectivity index (χ2n) is 4.24. The highest BCUT2D eigenvalue weighted by Gasteiger charge is 2.05. The van der Waals surface area contributed by atoms with Crippen molar-refractivity contribution >= 4 is 0 Å². The molecule has 0 heterocycles. The Kier molecular flexibility index (Phi) is 4.57. The molecule has 1 N–H and O–H groups in total. The van der Waals surface area contributed by atoms with E-state index in [0.717, 1.165) is 13.0 Å². The van der Waals surface area contributed by atoms with Crippen molar-refractivity contribution in [2.75, 3.05) is 6.54 Å². The van der Waals surface area contributed by atoms with Crippen LogP contribution in [-0.2, 0) is 0 Å². The van der Waals surface area contributed by atoms with Crippen LogP contribution in [0.25, 0.3) is 0 Å². The van der Waals surface area contributed by atoms with Crippen molar-refractivity contribution in [1.82, 2.24) is 5.32 Å². The topological polar surface area (TPSA) is 12.0 Å². The zero-order valence-electron chi connectivity index (χ0n) is 10.0. The van der Waals surface area contributed by atoms with Gasteiger partial charge in [-0.15, -0.1) is 6.58 Å².